The van der Waals surface area contributed by atoms with E-state index in [9.17, 15) is 4.79 Å². The zero-order valence-electron chi connectivity index (χ0n) is 5.64. The molecule has 54 valence electrons. The SMILES string of the molecule is CCNC(=O)OCOC. The Morgan fingerprint density at radius 1 is 1.67 bits per heavy atom. The molecule has 0 fully saturated rings. The van der Waals surface area contributed by atoms with Gasteiger partial charge < -0.3 is 14.8 Å². The molecule has 1 amide bonds. The number of carbonyl (C=O) groups excluding carboxylic acids is 1. The van der Waals surface area contributed by atoms with Crippen LogP contribution in [0.4, 0.5) is 4.79 Å². The van der Waals surface area contributed by atoms with Crippen LogP contribution in [-0.4, -0.2) is 26.5 Å². The van der Waals surface area contributed by atoms with Gasteiger partial charge in [-0.25, -0.2) is 4.79 Å². The van der Waals surface area contributed by atoms with Crippen LogP contribution in [0.1, 0.15) is 6.92 Å². The van der Waals surface area contributed by atoms with Gasteiger partial charge in [0.15, 0.2) is 6.79 Å². The van der Waals surface area contributed by atoms with Gasteiger partial charge in [0.25, 0.3) is 0 Å². The summed E-state index contributed by atoms with van der Waals surface area (Å²) in [6, 6.07) is 0. The van der Waals surface area contributed by atoms with Gasteiger partial charge in [-0.05, 0) is 6.92 Å². The second-order valence-electron chi connectivity index (χ2n) is 1.37. The van der Waals surface area contributed by atoms with Crippen molar-refractivity contribution in [2.75, 3.05) is 20.4 Å². The maximum Gasteiger partial charge on any atom is 0.409 e. The highest BCUT2D eigenvalue weighted by Gasteiger charge is 1.95. The van der Waals surface area contributed by atoms with E-state index in [1.165, 1.54) is 7.11 Å². The Morgan fingerprint density at radius 2 is 2.33 bits per heavy atom. The summed E-state index contributed by atoms with van der Waals surface area (Å²) in [7, 11) is 1.46. The van der Waals surface area contributed by atoms with Crippen LogP contribution < -0.4 is 5.32 Å². The third-order valence-corrected chi connectivity index (χ3v) is 0.629. The normalized spacial score (nSPS) is 8.67. The van der Waals surface area contributed by atoms with Crippen molar-refractivity contribution in [3.8, 4) is 0 Å². The molecule has 0 aromatic rings. The van der Waals surface area contributed by atoms with E-state index in [1.807, 2.05) is 6.92 Å². The van der Waals surface area contributed by atoms with Gasteiger partial charge in [-0.2, -0.15) is 0 Å². The molecule has 4 heteroatoms. The number of amides is 1. The molecule has 0 aliphatic carbocycles. The van der Waals surface area contributed by atoms with Gasteiger partial charge in [0, 0.05) is 13.7 Å². The van der Waals surface area contributed by atoms with Crippen LogP contribution in [0.3, 0.4) is 0 Å². The predicted octanol–water partition coefficient (Wildman–Crippen LogP) is 0.336. The van der Waals surface area contributed by atoms with Crippen molar-refractivity contribution in [1.82, 2.24) is 5.32 Å². The zero-order valence-corrected chi connectivity index (χ0v) is 5.64. The summed E-state index contributed by atoms with van der Waals surface area (Å²) in [5.41, 5.74) is 0. The molecule has 0 bridgehead atoms. The zero-order chi connectivity index (χ0) is 7.11. The summed E-state index contributed by atoms with van der Waals surface area (Å²) in [5.74, 6) is 0. The highest BCUT2D eigenvalue weighted by molar-refractivity contribution is 5.66. The van der Waals surface area contributed by atoms with Crippen molar-refractivity contribution in [3.05, 3.63) is 0 Å². The van der Waals surface area contributed by atoms with Crippen LogP contribution in [0.2, 0.25) is 0 Å². The molecule has 0 rings (SSSR count). The molecule has 0 radical (unpaired) electrons. The molecule has 0 unspecified atom stereocenters. The molecule has 1 N–H and O–H groups in total. The molecule has 0 saturated carbocycles. The van der Waals surface area contributed by atoms with Crippen LogP contribution in [0.25, 0.3) is 0 Å². The molecule has 0 atom stereocenters. The summed E-state index contributed by atoms with van der Waals surface area (Å²) >= 11 is 0. The predicted molar refractivity (Wildman–Crippen MR) is 32.0 cm³/mol. The number of carbonyl (C=O) groups is 1. The molecule has 0 spiro atoms. The summed E-state index contributed by atoms with van der Waals surface area (Å²) < 4.78 is 8.94. The molecule has 0 aromatic carbocycles. The summed E-state index contributed by atoms with van der Waals surface area (Å²) in [5, 5.41) is 2.44. The minimum absolute atomic E-state index is 0.00579. The smallest absolute Gasteiger partial charge is 0.409 e. The van der Waals surface area contributed by atoms with E-state index in [4.69, 9.17) is 0 Å². The van der Waals surface area contributed by atoms with Gasteiger partial charge in [0.1, 0.15) is 0 Å². The summed E-state index contributed by atoms with van der Waals surface area (Å²) in [6.07, 6.45) is -0.445. The van der Waals surface area contributed by atoms with Crippen LogP contribution in [0.15, 0.2) is 0 Å². The van der Waals surface area contributed by atoms with Gasteiger partial charge in [0.2, 0.25) is 0 Å². The number of ether oxygens (including phenoxy) is 2. The van der Waals surface area contributed by atoms with Crippen LogP contribution in [0.5, 0.6) is 0 Å². The fraction of sp³-hybridized carbons (Fsp3) is 0.800. The minimum Gasteiger partial charge on any atom is -0.422 e. The van der Waals surface area contributed by atoms with E-state index in [0.29, 0.717) is 6.54 Å². The third kappa shape index (κ3) is 5.10. The van der Waals surface area contributed by atoms with Gasteiger partial charge in [-0.3, -0.25) is 0 Å². The van der Waals surface area contributed by atoms with E-state index in [0.717, 1.165) is 0 Å². The standard InChI is InChI=1S/C5H11NO3/c1-3-6-5(7)9-4-8-2/h3-4H2,1-2H3,(H,6,7). The first-order valence-corrected chi connectivity index (χ1v) is 2.70. The van der Waals surface area contributed by atoms with Crippen molar-refractivity contribution in [2.24, 2.45) is 0 Å². The molecule has 0 aromatic heterocycles. The number of hydrogen-bond acceptors (Lipinski definition) is 3. The lowest BCUT2D eigenvalue weighted by molar-refractivity contribution is 0.0122. The average Bonchev–Trinajstić information content (AvgIpc) is 1.85. The highest BCUT2D eigenvalue weighted by atomic mass is 16.7. The Balaban J connectivity index is 3.06. The second kappa shape index (κ2) is 5.37. The van der Waals surface area contributed by atoms with Crippen molar-refractivity contribution < 1.29 is 14.3 Å². The lowest BCUT2D eigenvalue weighted by Crippen LogP contribution is -2.24. The number of alkyl carbamates (subject to hydrolysis) is 1. The van der Waals surface area contributed by atoms with Crippen molar-refractivity contribution >= 4 is 6.09 Å². The highest BCUT2D eigenvalue weighted by Crippen LogP contribution is 1.75. The van der Waals surface area contributed by atoms with Crippen LogP contribution in [-0.2, 0) is 9.47 Å². The fourth-order valence-electron chi connectivity index (χ4n) is 0.308. The summed E-state index contributed by atoms with van der Waals surface area (Å²) in [6.45, 7) is 2.39. The average molecular weight is 133 g/mol. The van der Waals surface area contributed by atoms with E-state index >= 15 is 0 Å². The number of hydrogen-bond donors (Lipinski definition) is 1. The number of nitrogens with one attached hydrogen (secondary N) is 1. The second-order valence-corrected chi connectivity index (χ2v) is 1.37. The Morgan fingerprint density at radius 3 is 2.78 bits per heavy atom. The lowest BCUT2D eigenvalue weighted by Gasteiger charge is -2.01. The first-order valence-electron chi connectivity index (χ1n) is 2.70. The third-order valence-electron chi connectivity index (χ3n) is 0.629. The van der Waals surface area contributed by atoms with E-state index in [2.05, 4.69) is 14.8 Å². The van der Waals surface area contributed by atoms with E-state index < -0.39 is 6.09 Å². The minimum atomic E-state index is -0.445. The van der Waals surface area contributed by atoms with E-state index in [1.54, 1.807) is 0 Å². The quantitative estimate of drug-likeness (QED) is 0.564. The van der Waals surface area contributed by atoms with E-state index in [-0.39, 0.29) is 6.79 Å². The molecule has 0 aliphatic rings. The molecule has 0 aliphatic heterocycles. The Bertz CT molecular complexity index is 84.3. The topological polar surface area (TPSA) is 47.6 Å². The van der Waals surface area contributed by atoms with Gasteiger partial charge in [-0.1, -0.05) is 0 Å². The van der Waals surface area contributed by atoms with Gasteiger partial charge >= 0.3 is 6.09 Å². The molecule has 0 heterocycles. The molecule has 4 nitrogen and oxygen atoms in total. The molecular formula is C5H11NO3. The van der Waals surface area contributed by atoms with Gasteiger partial charge in [0.05, 0.1) is 0 Å². The maximum absolute atomic E-state index is 10.4. The summed E-state index contributed by atoms with van der Waals surface area (Å²) in [4.78, 5) is 10.4. The van der Waals surface area contributed by atoms with Crippen molar-refractivity contribution in [1.29, 1.82) is 0 Å². The Labute approximate surface area is 54.1 Å². The maximum atomic E-state index is 10.4. The molecule has 9 heavy (non-hydrogen) atoms. The fourth-order valence-corrected chi connectivity index (χ4v) is 0.308. The molecule has 0 saturated heterocycles. The largest absolute Gasteiger partial charge is 0.422 e. The Hall–Kier alpha value is -0.770. The first kappa shape index (κ1) is 8.23. The van der Waals surface area contributed by atoms with Crippen LogP contribution in [0, 0.1) is 0 Å². The number of rotatable bonds is 3. The Kier molecular flexibility index (Phi) is 4.91. The monoisotopic (exact) mass is 133 g/mol. The number of methoxy groups -OCH3 is 1. The van der Waals surface area contributed by atoms with Gasteiger partial charge in [-0.15, -0.1) is 0 Å². The first-order chi connectivity index (χ1) is 4.31. The molecular weight excluding hydrogens is 122 g/mol. The lowest BCUT2D eigenvalue weighted by atomic mass is 10.8. The van der Waals surface area contributed by atoms with Crippen molar-refractivity contribution in [2.45, 2.75) is 6.92 Å². The van der Waals surface area contributed by atoms with Crippen molar-refractivity contribution in [3.63, 3.8) is 0 Å². The van der Waals surface area contributed by atoms with Crippen LogP contribution >= 0.6 is 0 Å².